The van der Waals surface area contributed by atoms with Crippen LogP contribution >= 0.6 is 0 Å². The molecule has 2 N–H and O–H groups in total. The van der Waals surface area contributed by atoms with Gasteiger partial charge in [0.25, 0.3) is 5.91 Å². The zero-order valence-electron chi connectivity index (χ0n) is 14.3. The number of amides is 1. The third-order valence-corrected chi connectivity index (χ3v) is 3.31. The number of aromatic hydroxyl groups is 1. The van der Waals surface area contributed by atoms with Crippen molar-refractivity contribution in [2.24, 2.45) is 5.10 Å². The van der Waals surface area contributed by atoms with Gasteiger partial charge < -0.3 is 19.3 Å². The van der Waals surface area contributed by atoms with E-state index in [4.69, 9.17) is 14.2 Å². The number of phenols is 1. The molecule has 0 saturated heterocycles. The van der Waals surface area contributed by atoms with Crippen molar-refractivity contribution in [1.82, 2.24) is 5.43 Å². The molecule has 7 heteroatoms. The number of hydrazone groups is 1. The maximum absolute atomic E-state index is 12.0. The highest BCUT2D eigenvalue weighted by Crippen LogP contribution is 2.36. The zero-order valence-corrected chi connectivity index (χ0v) is 14.3. The molecule has 132 valence electrons. The number of carbonyl (C=O) groups excluding carboxylic acids is 1. The van der Waals surface area contributed by atoms with Gasteiger partial charge >= 0.3 is 0 Å². The van der Waals surface area contributed by atoms with E-state index < -0.39 is 0 Å². The Labute approximate surface area is 145 Å². The first-order valence-corrected chi connectivity index (χ1v) is 7.60. The molecule has 0 bridgehead atoms. The first kappa shape index (κ1) is 18.1. The number of nitrogens with one attached hydrogen (secondary N) is 1. The third-order valence-electron chi connectivity index (χ3n) is 3.31. The molecule has 0 fully saturated rings. The lowest BCUT2D eigenvalue weighted by Crippen LogP contribution is -2.17. The molecular formula is C18H20N2O5. The quantitative estimate of drug-likeness (QED) is 0.595. The summed E-state index contributed by atoms with van der Waals surface area (Å²) in [6.45, 7) is 2.46. The zero-order chi connectivity index (χ0) is 18.2. The fraction of sp³-hybridized carbons (Fsp3) is 0.222. The van der Waals surface area contributed by atoms with E-state index >= 15 is 0 Å². The average molecular weight is 344 g/mol. The van der Waals surface area contributed by atoms with E-state index in [1.165, 1.54) is 20.4 Å². The van der Waals surface area contributed by atoms with Crippen molar-refractivity contribution in [3.05, 3.63) is 47.5 Å². The minimum absolute atomic E-state index is 0.0967. The molecule has 0 saturated carbocycles. The third kappa shape index (κ3) is 4.63. The molecular weight excluding hydrogens is 324 g/mol. The maximum Gasteiger partial charge on any atom is 0.271 e. The average Bonchev–Trinajstić information content (AvgIpc) is 2.63. The summed E-state index contributed by atoms with van der Waals surface area (Å²) in [6, 6.07) is 9.90. The molecule has 2 rings (SSSR count). The van der Waals surface area contributed by atoms with Gasteiger partial charge in [-0.2, -0.15) is 5.10 Å². The highest BCUT2D eigenvalue weighted by Gasteiger charge is 2.10. The van der Waals surface area contributed by atoms with Gasteiger partial charge in [0.2, 0.25) is 5.75 Å². The summed E-state index contributed by atoms with van der Waals surface area (Å²) < 4.78 is 15.5. The highest BCUT2D eigenvalue weighted by atomic mass is 16.5. The summed E-state index contributed by atoms with van der Waals surface area (Å²) in [6.07, 6.45) is 1.43. The Hall–Kier alpha value is -3.22. The van der Waals surface area contributed by atoms with Crippen LogP contribution in [0.2, 0.25) is 0 Å². The Balaban J connectivity index is 2.06. The number of hydrogen-bond acceptors (Lipinski definition) is 6. The minimum Gasteiger partial charge on any atom is -0.502 e. The van der Waals surface area contributed by atoms with Crippen LogP contribution < -0.4 is 19.6 Å². The predicted molar refractivity (Wildman–Crippen MR) is 93.9 cm³/mol. The molecule has 0 unspecified atom stereocenters. The van der Waals surface area contributed by atoms with E-state index in [2.05, 4.69) is 10.5 Å². The van der Waals surface area contributed by atoms with Crippen LogP contribution in [-0.4, -0.2) is 38.1 Å². The van der Waals surface area contributed by atoms with Gasteiger partial charge in [-0.15, -0.1) is 0 Å². The lowest BCUT2D eigenvalue weighted by atomic mass is 10.2. The number of carbonyl (C=O) groups is 1. The fourth-order valence-electron chi connectivity index (χ4n) is 2.09. The van der Waals surface area contributed by atoms with Crippen molar-refractivity contribution >= 4 is 12.1 Å². The Bertz CT molecular complexity index is 732. The van der Waals surface area contributed by atoms with Crippen LogP contribution in [0.3, 0.4) is 0 Å². The van der Waals surface area contributed by atoms with E-state index in [0.717, 1.165) is 0 Å². The second-order valence-electron chi connectivity index (χ2n) is 4.93. The van der Waals surface area contributed by atoms with Crippen LogP contribution in [0, 0.1) is 0 Å². The van der Waals surface area contributed by atoms with Crippen LogP contribution in [-0.2, 0) is 0 Å². The molecule has 0 aromatic heterocycles. The van der Waals surface area contributed by atoms with E-state index in [9.17, 15) is 9.90 Å². The molecule has 25 heavy (non-hydrogen) atoms. The molecule has 2 aromatic rings. The Morgan fingerprint density at radius 1 is 1.16 bits per heavy atom. The van der Waals surface area contributed by atoms with Crippen LogP contribution in [0.15, 0.2) is 41.5 Å². The van der Waals surface area contributed by atoms with E-state index in [0.29, 0.717) is 23.5 Å². The van der Waals surface area contributed by atoms with Crippen molar-refractivity contribution in [1.29, 1.82) is 0 Å². The summed E-state index contributed by atoms with van der Waals surface area (Å²) in [4.78, 5) is 12.0. The standard InChI is InChI=1S/C18H20N2O5/c1-4-25-14-7-5-13(6-8-14)18(22)20-19-11-12-9-15(23-2)17(21)16(10-12)24-3/h5-11,21H,4H2,1-3H3,(H,20,22). The first-order chi connectivity index (χ1) is 12.1. The summed E-state index contributed by atoms with van der Waals surface area (Å²) in [7, 11) is 2.87. The van der Waals surface area contributed by atoms with E-state index in [1.54, 1.807) is 36.4 Å². The fourth-order valence-corrected chi connectivity index (χ4v) is 2.09. The molecule has 7 nitrogen and oxygen atoms in total. The van der Waals surface area contributed by atoms with Crippen molar-refractivity contribution in [3.63, 3.8) is 0 Å². The molecule has 0 aliphatic heterocycles. The topological polar surface area (TPSA) is 89.4 Å². The number of nitrogens with zero attached hydrogens (tertiary/aromatic N) is 1. The van der Waals surface area contributed by atoms with Gasteiger partial charge in [0, 0.05) is 11.1 Å². The SMILES string of the molecule is CCOc1ccc(C(=O)NN=Cc2cc(OC)c(O)c(OC)c2)cc1. The number of benzene rings is 2. The van der Waals surface area contributed by atoms with Crippen LogP contribution in [0.5, 0.6) is 23.0 Å². The van der Waals surface area contributed by atoms with E-state index in [-0.39, 0.29) is 23.2 Å². The molecule has 0 aliphatic rings. The van der Waals surface area contributed by atoms with Crippen molar-refractivity contribution in [2.75, 3.05) is 20.8 Å². The summed E-state index contributed by atoms with van der Waals surface area (Å²) in [5.74, 6) is 0.751. The van der Waals surface area contributed by atoms with Gasteiger partial charge in [-0.05, 0) is 43.3 Å². The number of methoxy groups -OCH3 is 2. The van der Waals surface area contributed by atoms with Gasteiger partial charge in [-0.3, -0.25) is 4.79 Å². The second kappa shape index (κ2) is 8.58. The highest BCUT2D eigenvalue weighted by molar-refractivity contribution is 5.95. The van der Waals surface area contributed by atoms with Crippen LogP contribution in [0.25, 0.3) is 0 Å². The maximum atomic E-state index is 12.0. The Morgan fingerprint density at radius 3 is 2.28 bits per heavy atom. The molecule has 1 amide bonds. The molecule has 2 aromatic carbocycles. The smallest absolute Gasteiger partial charge is 0.271 e. The Morgan fingerprint density at radius 2 is 1.76 bits per heavy atom. The van der Waals surface area contributed by atoms with Gasteiger partial charge in [0.05, 0.1) is 27.0 Å². The number of phenolic OH excluding ortho intramolecular Hbond substituents is 1. The predicted octanol–water partition coefficient (Wildman–Crippen LogP) is 2.57. The molecule has 0 radical (unpaired) electrons. The Kier molecular flexibility index (Phi) is 6.22. The molecule has 0 atom stereocenters. The van der Waals surface area contributed by atoms with Gasteiger partial charge in [-0.25, -0.2) is 5.43 Å². The molecule has 0 aliphatic carbocycles. The van der Waals surface area contributed by atoms with Crippen molar-refractivity contribution in [3.8, 4) is 23.0 Å². The number of hydrogen-bond donors (Lipinski definition) is 2. The largest absolute Gasteiger partial charge is 0.502 e. The summed E-state index contributed by atoms with van der Waals surface area (Å²) >= 11 is 0. The van der Waals surface area contributed by atoms with E-state index in [1.807, 2.05) is 6.92 Å². The van der Waals surface area contributed by atoms with Crippen LogP contribution in [0.4, 0.5) is 0 Å². The normalized spacial score (nSPS) is 10.5. The van der Waals surface area contributed by atoms with Crippen molar-refractivity contribution in [2.45, 2.75) is 6.92 Å². The second-order valence-corrected chi connectivity index (χ2v) is 4.93. The lowest BCUT2D eigenvalue weighted by Gasteiger charge is -2.09. The molecule has 0 spiro atoms. The molecule has 0 heterocycles. The van der Waals surface area contributed by atoms with Gasteiger partial charge in [0.1, 0.15) is 5.75 Å². The van der Waals surface area contributed by atoms with Gasteiger partial charge in [-0.1, -0.05) is 0 Å². The van der Waals surface area contributed by atoms with Crippen LogP contribution in [0.1, 0.15) is 22.8 Å². The summed E-state index contributed by atoms with van der Waals surface area (Å²) in [5, 5.41) is 13.8. The first-order valence-electron chi connectivity index (χ1n) is 7.60. The minimum atomic E-state index is -0.350. The van der Waals surface area contributed by atoms with Gasteiger partial charge in [0.15, 0.2) is 11.5 Å². The lowest BCUT2D eigenvalue weighted by molar-refractivity contribution is 0.0955. The summed E-state index contributed by atoms with van der Waals surface area (Å²) in [5.41, 5.74) is 3.49. The monoisotopic (exact) mass is 344 g/mol. The number of ether oxygens (including phenoxy) is 3. The number of rotatable bonds is 7. The van der Waals surface area contributed by atoms with Crippen molar-refractivity contribution < 1.29 is 24.1 Å².